The van der Waals surface area contributed by atoms with Crippen molar-refractivity contribution in [1.29, 1.82) is 0 Å². The van der Waals surface area contributed by atoms with Crippen molar-refractivity contribution < 1.29 is 4.74 Å². The zero-order valence-corrected chi connectivity index (χ0v) is 10.9. The lowest BCUT2D eigenvalue weighted by atomic mass is 10.2. The first-order valence-electron chi connectivity index (χ1n) is 5.61. The zero-order valence-electron chi connectivity index (χ0n) is 10.1. The maximum atomic E-state index is 5.93. The average molecular weight is 263 g/mol. The molecule has 2 aromatic rings. The molecule has 3 nitrogen and oxygen atoms in total. The molecular weight excluding hydrogens is 248 g/mol. The second-order valence-electron chi connectivity index (χ2n) is 3.93. The van der Waals surface area contributed by atoms with Gasteiger partial charge in [0.25, 0.3) is 0 Å². The van der Waals surface area contributed by atoms with E-state index in [0.717, 1.165) is 17.0 Å². The molecular formula is C14H15ClN2O. The van der Waals surface area contributed by atoms with Crippen molar-refractivity contribution >= 4 is 23.0 Å². The Kier molecular flexibility index (Phi) is 3.95. The minimum absolute atomic E-state index is 0.668. The van der Waals surface area contributed by atoms with Crippen LogP contribution >= 0.6 is 11.6 Å². The van der Waals surface area contributed by atoms with Gasteiger partial charge in [0.1, 0.15) is 5.75 Å². The van der Waals surface area contributed by atoms with Crippen LogP contribution in [0.1, 0.15) is 5.56 Å². The molecule has 2 rings (SSSR count). The van der Waals surface area contributed by atoms with Crippen LogP contribution < -0.4 is 15.8 Å². The molecule has 0 radical (unpaired) electrons. The third kappa shape index (κ3) is 3.08. The number of nitrogens with two attached hydrogens (primary N) is 1. The summed E-state index contributed by atoms with van der Waals surface area (Å²) in [5.41, 5.74) is 8.54. The molecule has 0 aliphatic carbocycles. The Labute approximate surface area is 112 Å². The molecule has 0 aromatic heterocycles. The first-order chi connectivity index (χ1) is 8.69. The Hall–Kier alpha value is -1.87. The van der Waals surface area contributed by atoms with Crippen molar-refractivity contribution in [2.75, 3.05) is 18.2 Å². The molecule has 4 heteroatoms. The number of rotatable bonds is 4. The highest BCUT2D eigenvalue weighted by Gasteiger charge is 2.00. The third-order valence-electron chi connectivity index (χ3n) is 2.66. The molecule has 0 unspecified atom stereocenters. The highest BCUT2D eigenvalue weighted by Crippen LogP contribution is 2.23. The first kappa shape index (κ1) is 12.6. The first-order valence-corrected chi connectivity index (χ1v) is 5.98. The van der Waals surface area contributed by atoms with Crippen LogP contribution in [0.4, 0.5) is 11.4 Å². The van der Waals surface area contributed by atoms with Crippen LogP contribution in [-0.4, -0.2) is 7.11 Å². The molecule has 18 heavy (non-hydrogen) atoms. The van der Waals surface area contributed by atoms with Crippen molar-refractivity contribution in [1.82, 2.24) is 0 Å². The van der Waals surface area contributed by atoms with Gasteiger partial charge in [0, 0.05) is 11.6 Å². The highest BCUT2D eigenvalue weighted by molar-refractivity contribution is 6.31. The largest absolute Gasteiger partial charge is 0.497 e. The quantitative estimate of drug-likeness (QED) is 0.829. The molecule has 0 saturated heterocycles. The number of anilines is 2. The van der Waals surface area contributed by atoms with Gasteiger partial charge in [-0.25, -0.2) is 0 Å². The Morgan fingerprint density at radius 1 is 1.17 bits per heavy atom. The lowest BCUT2D eigenvalue weighted by Crippen LogP contribution is -2.02. The normalized spacial score (nSPS) is 10.1. The number of hydrogen-bond acceptors (Lipinski definition) is 3. The van der Waals surface area contributed by atoms with Crippen LogP contribution in [-0.2, 0) is 6.54 Å². The summed E-state index contributed by atoms with van der Waals surface area (Å²) in [4.78, 5) is 0. The molecule has 0 saturated carbocycles. The minimum Gasteiger partial charge on any atom is -0.497 e. The van der Waals surface area contributed by atoms with Crippen LogP contribution in [0.2, 0.25) is 5.02 Å². The maximum Gasteiger partial charge on any atom is 0.118 e. The monoisotopic (exact) mass is 262 g/mol. The van der Waals surface area contributed by atoms with Crippen molar-refractivity contribution in [3.05, 3.63) is 53.1 Å². The van der Waals surface area contributed by atoms with E-state index in [1.165, 1.54) is 0 Å². The van der Waals surface area contributed by atoms with E-state index in [-0.39, 0.29) is 0 Å². The number of hydrogen-bond donors (Lipinski definition) is 2. The number of nitrogens with one attached hydrogen (secondary N) is 1. The predicted molar refractivity (Wildman–Crippen MR) is 76.2 cm³/mol. The van der Waals surface area contributed by atoms with E-state index in [9.17, 15) is 0 Å². The Morgan fingerprint density at radius 2 is 1.89 bits per heavy atom. The van der Waals surface area contributed by atoms with E-state index in [1.807, 2.05) is 30.3 Å². The number of ether oxygens (including phenoxy) is 1. The molecule has 2 aromatic carbocycles. The van der Waals surface area contributed by atoms with E-state index in [2.05, 4.69) is 5.32 Å². The molecule has 0 fully saturated rings. The second kappa shape index (κ2) is 5.65. The minimum atomic E-state index is 0.668. The molecule has 0 atom stereocenters. The van der Waals surface area contributed by atoms with Crippen molar-refractivity contribution in [2.24, 2.45) is 0 Å². The summed E-state index contributed by atoms with van der Waals surface area (Å²) >= 11 is 5.93. The van der Waals surface area contributed by atoms with Crippen LogP contribution in [0.5, 0.6) is 5.75 Å². The summed E-state index contributed by atoms with van der Waals surface area (Å²) in [7, 11) is 1.65. The molecule has 0 spiro atoms. The fourth-order valence-electron chi connectivity index (χ4n) is 1.62. The third-order valence-corrected chi connectivity index (χ3v) is 2.89. The summed E-state index contributed by atoms with van der Waals surface area (Å²) in [6.07, 6.45) is 0. The van der Waals surface area contributed by atoms with Gasteiger partial charge >= 0.3 is 0 Å². The summed E-state index contributed by atoms with van der Waals surface area (Å²) < 4.78 is 5.11. The zero-order chi connectivity index (χ0) is 13.0. The van der Waals surface area contributed by atoms with E-state index in [4.69, 9.17) is 22.1 Å². The Bertz CT molecular complexity index is 526. The van der Waals surface area contributed by atoms with Gasteiger partial charge in [0.15, 0.2) is 0 Å². The lowest BCUT2D eigenvalue weighted by Gasteiger charge is -2.10. The van der Waals surface area contributed by atoms with E-state index in [1.54, 1.807) is 19.2 Å². The van der Waals surface area contributed by atoms with E-state index in [0.29, 0.717) is 17.3 Å². The summed E-state index contributed by atoms with van der Waals surface area (Å²) in [6.45, 7) is 0.689. The van der Waals surface area contributed by atoms with Crippen LogP contribution in [0.25, 0.3) is 0 Å². The lowest BCUT2D eigenvalue weighted by molar-refractivity contribution is 0.414. The van der Waals surface area contributed by atoms with Crippen LogP contribution in [0.15, 0.2) is 42.5 Å². The van der Waals surface area contributed by atoms with Crippen molar-refractivity contribution in [2.45, 2.75) is 6.54 Å². The SMILES string of the molecule is COc1ccc(CNc2cc(Cl)ccc2N)cc1. The van der Waals surface area contributed by atoms with Crippen molar-refractivity contribution in [3.8, 4) is 5.75 Å². The Morgan fingerprint density at radius 3 is 2.56 bits per heavy atom. The fraction of sp³-hybridized carbons (Fsp3) is 0.143. The second-order valence-corrected chi connectivity index (χ2v) is 4.37. The smallest absolute Gasteiger partial charge is 0.118 e. The highest BCUT2D eigenvalue weighted by atomic mass is 35.5. The maximum absolute atomic E-state index is 5.93. The van der Waals surface area contributed by atoms with Gasteiger partial charge in [0.05, 0.1) is 18.5 Å². The molecule has 0 aliphatic heterocycles. The van der Waals surface area contributed by atoms with Gasteiger partial charge in [-0.15, -0.1) is 0 Å². The molecule has 0 aliphatic rings. The van der Waals surface area contributed by atoms with Gasteiger partial charge in [0.2, 0.25) is 0 Å². The summed E-state index contributed by atoms with van der Waals surface area (Å²) in [5, 5.41) is 3.93. The topological polar surface area (TPSA) is 47.3 Å². The molecule has 0 amide bonds. The Balaban J connectivity index is 2.04. The standard InChI is InChI=1S/C14H15ClN2O/c1-18-12-5-2-10(3-6-12)9-17-14-8-11(15)4-7-13(14)16/h2-8,17H,9,16H2,1H3. The number of halogens is 1. The van der Waals surface area contributed by atoms with Crippen LogP contribution in [0, 0.1) is 0 Å². The van der Waals surface area contributed by atoms with Gasteiger partial charge in [-0.2, -0.15) is 0 Å². The van der Waals surface area contributed by atoms with Gasteiger partial charge in [-0.05, 0) is 35.9 Å². The molecule has 0 heterocycles. The number of benzene rings is 2. The van der Waals surface area contributed by atoms with E-state index < -0.39 is 0 Å². The van der Waals surface area contributed by atoms with Gasteiger partial charge < -0.3 is 15.8 Å². The van der Waals surface area contributed by atoms with E-state index >= 15 is 0 Å². The molecule has 94 valence electrons. The average Bonchev–Trinajstić information content (AvgIpc) is 2.40. The molecule has 0 bridgehead atoms. The van der Waals surface area contributed by atoms with Gasteiger partial charge in [-0.1, -0.05) is 23.7 Å². The van der Waals surface area contributed by atoms with Crippen LogP contribution in [0.3, 0.4) is 0 Å². The summed E-state index contributed by atoms with van der Waals surface area (Å²) in [6, 6.07) is 13.3. The van der Waals surface area contributed by atoms with Gasteiger partial charge in [-0.3, -0.25) is 0 Å². The number of methoxy groups -OCH3 is 1. The summed E-state index contributed by atoms with van der Waals surface area (Å²) in [5.74, 6) is 0.848. The fourth-order valence-corrected chi connectivity index (χ4v) is 1.79. The van der Waals surface area contributed by atoms with Crippen molar-refractivity contribution in [3.63, 3.8) is 0 Å². The predicted octanol–water partition coefficient (Wildman–Crippen LogP) is 3.54. The molecule has 3 N–H and O–H groups in total. The number of nitrogen functional groups attached to an aromatic ring is 1.